The lowest BCUT2D eigenvalue weighted by Gasteiger charge is -2.35. The number of nitrogens with zero attached hydrogens (tertiary/aromatic N) is 1. The van der Waals surface area contributed by atoms with E-state index in [0.29, 0.717) is 34.9 Å². The Labute approximate surface area is 155 Å². The maximum atomic E-state index is 12.6. The molecule has 3 aliphatic rings. The largest absolute Gasteiger partial charge is 0.311 e. The van der Waals surface area contributed by atoms with E-state index >= 15 is 0 Å². The highest BCUT2D eigenvalue weighted by atomic mass is 35.5. The molecule has 0 saturated heterocycles. The average Bonchev–Trinajstić information content (AvgIpc) is 3.29. The minimum absolute atomic E-state index is 0.421. The van der Waals surface area contributed by atoms with Gasteiger partial charge >= 0.3 is 5.91 Å². The molecule has 1 N–H and O–H groups in total. The molecule has 2 aromatic rings. The molecule has 1 aromatic heterocycles. The zero-order valence-electron chi connectivity index (χ0n) is 13.6. The Bertz CT molecular complexity index is 889. The van der Waals surface area contributed by atoms with Gasteiger partial charge in [0.1, 0.15) is 6.04 Å². The highest BCUT2D eigenvalue weighted by Gasteiger charge is 2.46. The van der Waals surface area contributed by atoms with Gasteiger partial charge in [-0.2, -0.15) is 0 Å². The molecule has 1 fully saturated rings. The number of quaternary nitrogens is 1. The van der Waals surface area contributed by atoms with E-state index in [4.69, 9.17) is 11.6 Å². The predicted octanol–water partition coefficient (Wildman–Crippen LogP) is 2.48. The van der Waals surface area contributed by atoms with Crippen LogP contribution in [0, 0.1) is 5.92 Å². The molecule has 0 radical (unpaired) electrons. The fourth-order valence-electron chi connectivity index (χ4n) is 4.31. The minimum Gasteiger partial charge on any atom is -0.311 e. The standard InChI is InChI=1S/C19H17ClN2O2S/c20-12-3-4-15-14(9-12)18(23)19(24)22(15)10-21-7-5-16-13(6-8-25-16)17(21)11-1-2-11/h3-4,6,8-9,11,17H,1-2,5,7,10H2/p+1/t17-/m0/s1. The lowest BCUT2D eigenvalue weighted by Crippen LogP contribution is -3.15. The van der Waals surface area contributed by atoms with Crippen LogP contribution >= 0.6 is 22.9 Å². The van der Waals surface area contributed by atoms with Gasteiger partial charge in [-0.05, 0) is 42.5 Å². The molecule has 3 heterocycles. The normalized spacial score (nSPS) is 25.2. The number of halogens is 1. The summed E-state index contributed by atoms with van der Waals surface area (Å²) in [7, 11) is 0. The molecule has 1 unspecified atom stereocenters. The molecule has 0 bridgehead atoms. The summed E-state index contributed by atoms with van der Waals surface area (Å²) in [6.45, 7) is 1.56. The first-order valence-electron chi connectivity index (χ1n) is 8.70. The first kappa shape index (κ1) is 15.6. The third kappa shape index (κ3) is 2.45. The smallest absolute Gasteiger partial charge is 0.303 e. The van der Waals surface area contributed by atoms with Crippen molar-refractivity contribution in [1.29, 1.82) is 0 Å². The molecule has 2 atom stereocenters. The van der Waals surface area contributed by atoms with Crippen LogP contribution in [0.2, 0.25) is 5.02 Å². The Balaban J connectivity index is 1.48. The maximum absolute atomic E-state index is 12.6. The number of carbonyl (C=O) groups excluding carboxylic acids is 2. The number of rotatable bonds is 3. The maximum Gasteiger partial charge on any atom is 0.303 e. The molecule has 0 spiro atoms. The summed E-state index contributed by atoms with van der Waals surface area (Å²) in [6, 6.07) is 7.87. The number of hydrogen-bond acceptors (Lipinski definition) is 3. The number of Topliss-reactive ketones (excluding diaryl/α,β-unsaturated/α-hetero) is 1. The van der Waals surface area contributed by atoms with Crippen LogP contribution in [0.15, 0.2) is 29.6 Å². The Morgan fingerprint density at radius 2 is 2.08 bits per heavy atom. The van der Waals surface area contributed by atoms with Crippen LogP contribution < -0.4 is 9.80 Å². The van der Waals surface area contributed by atoms with Crippen molar-refractivity contribution in [3.05, 3.63) is 50.7 Å². The first-order chi connectivity index (χ1) is 12.1. The number of benzene rings is 1. The van der Waals surface area contributed by atoms with Gasteiger partial charge in [0.2, 0.25) is 0 Å². The van der Waals surface area contributed by atoms with E-state index in [9.17, 15) is 9.59 Å². The van der Waals surface area contributed by atoms with Gasteiger partial charge in [0.05, 0.1) is 17.8 Å². The minimum atomic E-state index is -0.437. The van der Waals surface area contributed by atoms with Crippen LogP contribution in [-0.2, 0) is 11.2 Å². The van der Waals surface area contributed by atoms with E-state index in [1.807, 2.05) is 11.3 Å². The average molecular weight is 374 g/mol. The number of ketones is 1. The molecular formula is C19H18ClN2O2S+. The van der Waals surface area contributed by atoms with Crippen LogP contribution in [0.1, 0.15) is 39.7 Å². The number of hydrogen-bond donors (Lipinski definition) is 1. The second kappa shape index (κ2) is 5.66. The summed E-state index contributed by atoms with van der Waals surface area (Å²) in [5, 5.41) is 2.68. The van der Waals surface area contributed by atoms with Gasteiger partial charge in [-0.1, -0.05) is 11.6 Å². The van der Waals surface area contributed by atoms with Crippen LogP contribution in [0.25, 0.3) is 0 Å². The molecule has 128 valence electrons. The van der Waals surface area contributed by atoms with Crippen molar-refractivity contribution in [2.45, 2.75) is 25.3 Å². The zero-order chi connectivity index (χ0) is 17.1. The molecule has 2 aliphatic heterocycles. The van der Waals surface area contributed by atoms with Gasteiger partial charge in [-0.15, -0.1) is 11.3 Å². The third-order valence-electron chi connectivity index (χ3n) is 5.62. The van der Waals surface area contributed by atoms with Crippen molar-refractivity contribution >= 4 is 40.3 Å². The third-order valence-corrected chi connectivity index (χ3v) is 6.85. The van der Waals surface area contributed by atoms with Gasteiger partial charge in [-0.3, -0.25) is 14.5 Å². The molecule has 1 aromatic carbocycles. The molecular weight excluding hydrogens is 356 g/mol. The number of anilines is 1. The predicted molar refractivity (Wildman–Crippen MR) is 97.5 cm³/mol. The van der Waals surface area contributed by atoms with Crippen molar-refractivity contribution in [2.24, 2.45) is 5.92 Å². The molecule has 1 saturated carbocycles. The number of amides is 1. The highest BCUT2D eigenvalue weighted by molar-refractivity contribution is 7.10. The zero-order valence-corrected chi connectivity index (χ0v) is 15.2. The van der Waals surface area contributed by atoms with Crippen molar-refractivity contribution < 1.29 is 14.5 Å². The highest BCUT2D eigenvalue weighted by Crippen LogP contribution is 2.42. The number of fused-ring (bicyclic) bond motifs is 2. The van der Waals surface area contributed by atoms with E-state index in [-0.39, 0.29) is 0 Å². The SMILES string of the molecule is O=C1C(=O)N(C[NH+]2CCc3sccc3[C@@H]2C2CC2)c2ccc(Cl)cc21. The van der Waals surface area contributed by atoms with E-state index < -0.39 is 11.7 Å². The van der Waals surface area contributed by atoms with Crippen LogP contribution in [0.5, 0.6) is 0 Å². The van der Waals surface area contributed by atoms with Gasteiger partial charge in [0.15, 0.2) is 6.67 Å². The summed E-state index contributed by atoms with van der Waals surface area (Å²) in [5.74, 6) is -0.148. The fraction of sp³-hybridized carbons (Fsp3) is 0.368. The van der Waals surface area contributed by atoms with Crippen molar-refractivity contribution in [1.82, 2.24) is 0 Å². The molecule has 5 rings (SSSR count). The fourth-order valence-corrected chi connectivity index (χ4v) is 5.41. The van der Waals surface area contributed by atoms with Gasteiger partial charge in [0, 0.05) is 27.8 Å². The summed E-state index contributed by atoms with van der Waals surface area (Å²) in [6.07, 6.45) is 3.58. The Kier molecular flexibility index (Phi) is 3.52. The number of carbonyl (C=O) groups is 2. The van der Waals surface area contributed by atoms with Crippen LogP contribution in [-0.4, -0.2) is 24.9 Å². The molecule has 1 aliphatic carbocycles. The topological polar surface area (TPSA) is 41.8 Å². The summed E-state index contributed by atoms with van der Waals surface area (Å²) < 4.78 is 0. The molecule has 4 nitrogen and oxygen atoms in total. The van der Waals surface area contributed by atoms with Gasteiger partial charge < -0.3 is 4.90 Å². The van der Waals surface area contributed by atoms with Crippen LogP contribution in [0.3, 0.4) is 0 Å². The van der Waals surface area contributed by atoms with Gasteiger partial charge in [0.25, 0.3) is 5.78 Å². The monoisotopic (exact) mass is 373 g/mol. The van der Waals surface area contributed by atoms with E-state index in [0.717, 1.165) is 13.0 Å². The van der Waals surface area contributed by atoms with Crippen LogP contribution in [0.4, 0.5) is 5.69 Å². The van der Waals surface area contributed by atoms with Crippen molar-refractivity contribution in [3.63, 3.8) is 0 Å². The lowest BCUT2D eigenvalue weighted by molar-refractivity contribution is -0.935. The Hall–Kier alpha value is -1.69. The molecule has 6 heteroatoms. The number of thiophene rings is 1. The molecule has 25 heavy (non-hydrogen) atoms. The van der Waals surface area contributed by atoms with E-state index in [1.165, 1.54) is 28.2 Å². The lowest BCUT2D eigenvalue weighted by atomic mass is 9.96. The van der Waals surface area contributed by atoms with E-state index in [1.54, 1.807) is 23.1 Å². The van der Waals surface area contributed by atoms with Crippen molar-refractivity contribution in [3.8, 4) is 0 Å². The number of nitrogens with one attached hydrogen (secondary N) is 1. The second-order valence-corrected chi connectivity index (χ2v) is 8.59. The summed E-state index contributed by atoms with van der Waals surface area (Å²) in [4.78, 5) is 29.4. The molecule has 1 amide bonds. The Morgan fingerprint density at radius 3 is 2.88 bits per heavy atom. The Morgan fingerprint density at radius 1 is 1.24 bits per heavy atom. The summed E-state index contributed by atoms with van der Waals surface area (Å²) >= 11 is 7.85. The van der Waals surface area contributed by atoms with E-state index in [2.05, 4.69) is 11.4 Å². The summed E-state index contributed by atoms with van der Waals surface area (Å²) in [5.41, 5.74) is 2.61. The second-order valence-electron chi connectivity index (χ2n) is 7.15. The first-order valence-corrected chi connectivity index (χ1v) is 9.96. The quantitative estimate of drug-likeness (QED) is 0.840. The van der Waals surface area contributed by atoms with Crippen molar-refractivity contribution in [2.75, 3.05) is 18.1 Å². The van der Waals surface area contributed by atoms with Gasteiger partial charge in [-0.25, -0.2) is 0 Å².